The Bertz CT molecular complexity index is 835. The third-order valence-corrected chi connectivity index (χ3v) is 5.49. The third kappa shape index (κ3) is 5.68. The molecule has 26 heavy (non-hydrogen) atoms. The lowest BCUT2D eigenvalue weighted by Gasteiger charge is -2.23. The van der Waals surface area contributed by atoms with Crippen molar-refractivity contribution in [1.29, 1.82) is 0 Å². The summed E-state index contributed by atoms with van der Waals surface area (Å²) in [6.07, 6.45) is 1.86. The number of nitrogens with one attached hydrogen (secondary N) is 1. The van der Waals surface area contributed by atoms with Crippen LogP contribution < -0.4 is 5.32 Å². The summed E-state index contributed by atoms with van der Waals surface area (Å²) in [5, 5.41) is 2.97. The van der Waals surface area contributed by atoms with E-state index < -0.39 is 10.0 Å². The molecule has 6 heteroatoms. The van der Waals surface area contributed by atoms with Crippen LogP contribution in [0.4, 0.5) is 0 Å². The van der Waals surface area contributed by atoms with Crippen LogP contribution >= 0.6 is 0 Å². The zero-order chi connectivity index (χ0) is 19.2. The smallest absolute Gasteiger partial charge is 0.235 e. The molecular weight excluding hydrogens is 348 g/mol. The second kappa shape index (κ2) is 8.96. The van der Waals surface area contributed by atoms with Crippen molar-refractivity contribution in [3.05, 3.63) is 71.3 Å². The molecule has 0 heterocycles. The fourth-order valence-electron chi connectivity index (χ4n) is 2.86. The van der Waals surface area contributed by atoms with E-state index in [0.717, 1.165) is 29.4 Å². The van der Waals surface area contributed by atoms with E-state index in [1.807, 2.05) is 68.4 Å². The summed E-state index contributed by atoms with van der Waals surface area (Å²) >= 11 is 0. The highest BCUT2D eigenvalue weighted by atomic mass is 32.2. The Morgan fingerprint density at radius 1 is 1.08 bits per heavy atom. The van der Waals surface area contributed by atoms with E-state index in [1.54, 1.807) is 0 Å². The van der Waals surface area contributed by atoms with E-state index in [4.69, 9.17) is 0 Å². The molecule has 0 radical (unpaired) electrons. The predicted octanol–water partition coefficient (Wildman–Crippen LogP) is 3.02. The minimum Gasteiger partial charge on any atom is -0.348 e. The molecule has 1 atom stereocenters. The number of hydrogen-bond acceptors (Lipinski definition) is 3. The fourth-order valence-corrected chi connectivity index (χ4v) is 3.59. The minimum absolute atomic E-state index is 0.137. The molecule has 0 bridgehead atoms. The van der Waals surface area contributed by atoms with Gasteiger partial charge in [0.25, 0.3) is 0 Å². The fraction of sp³-hybridized carbons (Fsp3) is 0.350. The summed E-state index contributed by atoms with van der Waals surface area (Å²) in [6, 6.07) is 17.0. The van der Waals surface area contributed by atoms with Crippen LogP contribution in [-0.2, 0) is 21.4 Å². The number of nitrogens with zero attached hydrogens (tertiary/aromatic N) is 1. The van der Waals surface area contributed by atoms with Gasteiger partial charge in [0, 0.05) is 6.54 Å². The number of carbonyl (C=O) groups is 1. The molecule has 2 rings (SSSR count). The molecular formula is C20H26N2O3S. The Morgan fingerprint density at radius 3 is 2.27 bits per heavy atom. The van der Waals surface area contributed by atoms with E-state index in [0.29, 0.717) is 0 Å². The number of amides is 1. The zero-order valence-corrected chi connectivity index (χ0v) is 16.3. The quantitative estimate of drug-likeness (QED) is 0.772. The molecule has 5 nitrogen and oxygen atoms in total. The summed E-state index contributed by atoms with van der Waals surface area (Å²) in [6.45, 7) is 3.97. The Morgan fingerprint density at radius 2 is 1.69 bits per heavy atom. The minimum atomic E-state index is -3.50. The Hall–Kier alpha value is -2.18. The van der Waals surface area contributed by atoms with Gasteiger partial charge in [-0.1, -0.05) is 61.5 Å². The number of aryl methyl sites for hydroxylation is 1. The highest BCUT2D eigenvalue weighted by molar-refractivity contribution is 7.88. The first-order valence-electron chi connectivity index (χ1n) is 8.65. The van der Waals surface area contributed by atoms with Crippen molar-refractivity contribution in [3.8, 4) is 0 Å². The molecule has 0 saturated heterocycles. The second-order valence-electron chi connectivity index (χ2n) is 6.40. The largest absolute Gasteiger partial charge is 0.348 e. The Kier molecular flexibility index (Phi) is 6.94. The normalized spacial score (nSPS) is 12.8. The first-order valence-corrected chi connectivity index (χ1v) is 10.5. The van der Waals surface area contributed by atoms with Gasteiger partial charge in [-0.25, -0.2) is 8.42 Å². The molecule has 1 amide bonds. The average molecular weight is 375 g/mol. The summed E-state index contributed by atoms with van der Waals surface area (Å²) < 4.78 is 25.4. The van der Waals surface area contributed by atoms with Crippen LogP contribution in [0.5, 0.6) is 0 Å². The first kappa shape index (κ1) is 20.1. The SMILES string of the molecule is CC[C@H](NC(=O)CN(Cc1ccccc1)S(C)(=O)=O)c1ccccc1C. The Labute approximate surface area is 156 Å². The maximum absolute atomic E-state index is 12.5. The summed E-state index contributed by atoms with van der Waals surface area (Å²) in [7, 11) is -3.50. The van der Waals surface area contributed by atoms with Crippen molar-refractivity contribution in [3.63, 3.8) is 0 Å². The topological polar surface area (TPSA) is 66.5 Å². The number of benzene rings is 2. The molecule has 0 spiro atoms. The predicted molar refractivity (Wildman–Crippen MR) is 104 cm³/mol. The molecule has 0 aliphatic heterocycles. The molecule has 0 fully saturated rings. The zero-order valence-electron chi connectivity index (χ0n) is 15.5. The third-order valence-electron chi connectivity index (χ3n) is 4.30. The van der Waals surface area contributed by atoms with Crippen molar-refractivity contribution in [1.82, 2.24) is 9.62 Å². The van der Waals surface area contributed by atoms with Gasteiger partial charge >= 0.3 is 0 Å². The molecule has 0 aromatic heterocycles. The van der Waals surface area contributed by atoms with Gasteiger partial charge in [0.05, 0.1) is 18.8 Å². The number of rotatable bonds is 8. The van der Waals surface area contributed by atoms with Gasteiger partial charge in [0.2, 0.25) is 15.9 Å². The van der Waals surface area contributed by atoms with Crippen LogP contribution in [0.15, 0.2) is 54.6 Å². The van der Waals surface area contributed by atoms with Crippen molar-refractivity contribution < 1.29 is 13.2 Å². The van der Waals surface area contributed by atoms with Crippen molar-refractivity contribution in [2.45, 2.75) is 32.9 Å². The lowest BCUT2D eigenvalue weighted by atomic mass is 9.99. The van der Waals surface area contributed by atoms with Crippen LogP contribution in [0.2, 0.25) is 0 Å². The maximum Gasteiger partial charge on any atom is 0.235 e. The van der Waals surface area contributed by atoms with Crippen molar-refractivity contribution in [2.75, 3.05) is 12.8 Å². The molecule has 1 N–H and O–H groups in total. The van der Waals surface area contributed by atoms with Crippen LogP contribution in [0.25, 0.3) is 0 Å². The van der Waals surface area contributed by atoms with Gasteiger partial charge in [-0.15, -0.1) is 0 Å². The molecule has 2 aromatic rings. The lowest BCUT2D eigenvalue weighted by molar-refractivity contribution is -0.122. The molecule has 0 aliphatic carbocycles. The standard InChI is InChI=1S/C20H26N2O3S/c1-4-19(18-13-9-8-10-16(18)2)21-20(23)15-22(26(3,24)25)14-17-11-6-5-7-12-17/h5-13,19H,4,14-15H2,1-3H3,(H,21,23)/t19-/m0/s1. The van der Waals surface area contributed by atoms with Gasteiger partial charge < -0.3 is 5.32 Å². The van der Waals surface area contributed by atoms with Crippen molar-refractivity contribution in [2.24, 2.45) is 0 Å². The van der Waals surface area contributed by atoms with E-state index >= 15 is 0 Å². The first-order chi connectivity index (χ1) is 12.3. The number of carbonyl (C=O) groups excluding carboxylic acids is 1. The summed E-state index contributed by atoms with van der Waals surface area (Å²) in [4.78, 5) is 12.5. The summed E-state index contributed by atoms with van der Waals surface area (Å²) in [5.74, 6) is -0.304. The summed E-state index contributed by atoms with van der Waals surface area (Å²) in [5.41, 5.74) is 3.00. The van der Waals surface area contributed by atoms with Gasteiger partial charge in [0.15, 0.2) is 0 Å². The van der Waals surface area contributed by atoms with E-state index in [2.05, 4.69) is 5.32 Å². The molecule has 2 aromatic carbocycles. The molecule has 140 valence electrons. The molecule has 0 saturated carbocycles. The van der Waals surface area contributed by atoms with E-state index in [-0.39, 0.29) is 25.0 Å². The average Bonchev–Trinajstić information content (AvgIpc) is 2.60. The highest BCUT2D eigenvalue weighted by Gasteiger charge is 2.22. The van der Waals surface area contributed by atoms with Crippen LogP contribution in [0.3, 0.4) is 0 Å². The second-order valence-corrected chi connectivity index (χ2v) is 8.38. The highest BCUT2D eigenvalue weighted by Crippen LogP contribution is 2.20. The van der Waals surface area contributed by atoms with Crippen LogP contribution in [0.1, 0.15) is 36.1 Å². The van der Waals surface area contributed by atoms with Crippen molar-refractivity contribution >= 4 is 15.9 Å². The van der Waals surface area contributed by atoms with Gasteiger partial charge in [-0.05, 0) is 30.0 Å². The van der Waals surface area contributed by atoms with Crippen LogP contribution in [0, 0.1) is 6.92 Å². The van der Waals surface area contributed by atoms with Gasteiger partial charge in [-0.3, -0.25) is 4.79 Å². The van der Waals surface area contributed by atoms with E-state index in [1.165, 1.54) is 4.31 Å². The maximum atomic E-state index is 12.5. The van der Waals surface area contributed by atoms with E-state index in [9.17, 15) is 13.2 Å². The number of sulfonamides is 1. The molecule has 0 unspecified atom stereocenters. The Balaban J connectivity index is 2.10. The van der Waals surface area contributed by atoms with Crippen LogP contribution in [-0.4, -0.2) is 31.4 Å². The molecule has 0 aliphatic rings. The lowest BCUT2D eigenvalue weighted by Crippen LogP contribution is -2.41. The number of hydrogen-bond donors (Lipinski definition) is 1. The van der Waals surface area contributed by atoms with Gasteiger partial charge in [0.1, 0.15) is 0 Å². The monoisotopic (exact) mass is 374 g/mol. The van der Waals surface area contributed by atoms with Gasteiger partial charge in [-0.2, -0.15) is 4.31 Å².